The van der Waals surface area contributed by atoms with E-state index in [2.05, 4.69) is 15.9 Å². The predicted molar refractivity (Wildman–Crippen MR) is 74.9 cm³/mol. The highest BCUT2D eigenvalue weighted by Crippen LogP contribution is 2.44. The average molecular weight is 344 g/mol. The monoisotopic (exact) mass is 343 g/mol. The van der Waals surface area contributed by atoms with Crippen LogP contribution in [0.5, 0.6) is 5.75 Å². The summed E-state index contributed by atoms with van der Waals surface area (Å²) in [5, 5.41) is 30.2. The third-order valence-corrected chi connectivity index (χ3v) is 4.51. The first-order chi connectivity index (χ1) is 9.38. The summed E-state index contributed by atoms with van der Waals surface area (Å²) < 4.78 is 0.146. The molecule has 1 fully saturated rings. The fourth-order valence-electron chi connectivity index (χ4n) is 2.78. The number of benzene rings is 1. The maximum atomic E-state index is 11.7. The number of carboxylic acids is 1. The van der Waals surface area contributed by atoms with Crippen molar-refractivity contribution in [2.24, 2.45) is 0 Å². The Morgan fingerprint density at radius 1 is 1.30 bits per heavy atom. The van der Waals surface area contributed by atoms with E-state index in [1.165, 1.54) is 12.1 Å². The quantitative estimate of drug-likeness (QED) is 0.647. The van der Waals surface area contributed by atoms with Gasteiger partial charge in [0.05, 0.1) is 14.8 Å². The first kappa shape index (κ1) is 14.8. The van der Waals surface area contributed by atoms with E-state index in [1.54, 1.807) is 0 Å². The summed E-state index contributed by atoms with van der Waals surface area (Å²) in [5.41, 5.74) is -1.19. The van der Waals surface area contributed by atoms with E-state index in [1.807, 2.05) is 0 Å². The molecule has 2 N–H and O–H groups in total. The van der Waals surface area contributed by atoms with Crippen LogP contribution >= 0.6 is 15.9 Å². The third kappa shape index (κ3) is 2.37. The minimum Gasteiger partial charge on any atom is -0.501 e. The van der Waals surface area contributed by atoms with E-state index < -0.39 is 27.7 Å². The zero-order valence-electron chi connectivity index (χ0n) is 10.6. The van der Waals surface area contributed by atoms with Crippen molar-refractivity contribution in [3.8, 4) is 5.75 Å². The van der Waals surface area contributed by atoms with E-state index in [-0.39, 0.29) is 4.47 Å². The molecule has 20 heavy (non-hydrogen) atoms. The molecule has 7 heteroatoms. The van der Waals surface area contributed by atoms with Crippen LogP contribution in [-0.2, 0) is 10.2 Å². The summed E-state index contributed by atoms with van der Waals surface area (Å²) in [6.45, 7) is 0. The molecule has 0 atom stereocenters. The molecule has 1 aromatic rings. The lowest BCUT2D eigenvalue weighted by molar-refractivity contribution is -0.386. The second-order valence-corrected chi connectivity index (χ2v) is 5.89. The number of nitro groups is 1. The lowest BCUT2D eigenvalue weighted by atomic mass is 9.69. The minimum absolute atomic E-state index is 0.146. The van der Waals surface area contributed by atoms with Crippen LogP contribution in [-0.4, -0.2) is 21.1 Å². The molecule has 0 spiro atoms. The summed E-state index contributed by atoms with van der Waals surface area (Å²) >= 11 is 3.06. The number of rotatable bonds is 3. The molecule has 1 aliphatic carbocycles. The number of hydrogen-bond acceptors (Lipinski definition) is 4. The van der Waals surface area contributed by atoms with Crippen LogP contribution in [0.15, 0.2) is 16.6 Å². The van der Waals surface area contributed by atoms with Crippen LogP contribution in [0.3, 0.4) is 0 Å². The topological polar surface area (TPSA) is 101 Å². The molecule has 1 aromatic carbocycles. The van der Waals surface area contributed by atoms with Crippen molar-refractivity contribution in [1.82, 2.24) is 0 Å². The molecule has 0 amide bonds. The standard InChI is InChI=1S/C13H14BrNO5/c14-9-6-8(7-10(11(9)16)15(19)20)13(12(17)18)4-2-1-3-5-13/h6-7,16H,1-5H2,(H,17,18). The maximum Gasteiger partial charge on any atom is 0.314 e. The Balaban J connectivity index is 2.60. The normalized spacial score (nSPS) is 17.6. The van der Waals surface area contributed by atoms with Gasteiger partial charge in [0.15, 0.2) is 0 Å². The molecule has 108 valence electrons. The van der Waals surface area contributed by atoms with Gasteiger partial charge in [0.1, 0.15) is 0 Å². The lowest BCUT2D eigenvalue weighted by Crippen LogP contribution is -2.37. The number of phenolic OH excluding ortho intramolecular Hbond substituents is 1. The van der Waals surface area contributed by atoms with Gasteiger partial charge in [-0.25, -0.2) is 0 Å². The Kier molecular flexibility index (Phi) is 3.99. The molecule has 0 aliphatic heterocycles. The average Bonchev–Trinajstić information content (AvgIpc) is 2.41. The van der Waals surface area contributed by atoms with Gasteiger partial charge < -0.3 is 10.2 Å². The number of phenols is 1. The van der Waals surface area contributed by atoms with Gasteiger partial charge in [0, 0.05) is 6.07 Å². The van der Waals surface area contributed by atoms with Crippen molar-refractivity contribution in [3.05, 3.63) is 32.3 Å². The molecule has 2 rings (SSSR count). The first-order valence-corrected chi connectivity index (χ1v) is 7.08. The maximum absolute atomic E-state index is 11.7. The number of carboxylic acid groups (broad SMARTS) is 1. The van der Waals surface area contributed by atoms with Crippen LogP contribution in [0.4, 0.5) is 5.69 Å². The van der Waals surface area contributed by atoms with Crippen molar-refractivity contribution >= 4 is 27.6 Å². The van der Waals surface area contributed by atoms with Gasteiger partial charge in [0.2, 0.25) is 5.75 Å². The van der Waals surface area contributed by atoms with Crippen molar-refractivity contribution in [2.75, 3.05) is 0 Å². The zero-order valence-corrected chi connectivity index (χ0v) is 12.2. The molecule has 1 saturated carbocycles. The van der Waals surface area contributed by atoms with Gasteiger partial charge in [-0.15, -0.1) is 0 Å². The second kappa shape index (κ2) is 5.40. The molecule has 0 unspecified atom stereocenters. The molecule has 0 radical (unpaired) electrons. The van der Waals surface area contributed by atoms with Crippen molar-refractivity contribution < 1.29 is 19.9 Å². The van der Waals surface area contributed by atoms with Crippen LogP contribution in [0.1, 0.15) is 37.7 Å². The molecule has 0 heterocycles. The highest BCUT2D eigenvalue weighted by molar-refractivity contribution is 9.10. The van der Waals surface area contributed by atoms with Gasteiger partial charge in [-0.05, 0) is 40.4 Å². The number of nitrogens with zero attached hydrogens (tertiary/aromatic N) is 1. The number of aromatic hydroxyl groups is 1. The van der Waals surface area contributed by atoms with Gasteiger partial charge in [-0.3, -0.25) is 14.9 Å². The van der Waals surface area contributed by atoms with E-state index in [9.17, 15) is 25.1 Å². The van der Waals surface area contributed by atoms with Gasteiger partial charge in [0.25, 0.3) is 0 Å². The van der Waals surface area contributed by atoms with E-state index in [0.29, 0.717) is 18.4 Å². The summed E-state index contributed by atoms with van der Waals surface area (Å²) in [4.78, 5) is 22.0. The number of hydrogen-bond donors (Lipinski definition) is 2. The highest BCUT2D eigenvalue weighted by atomic mass is 79.9. The molecule has 0 saturated heterocycles. The Hall–Kier alpha value is -1.63. The highest BCUT2D eigenvalue weighted by Gasteiger charge is 2.42. The van der Waals surface area contributed by atoms with Crippen LogP contribution in [0.25, 0.3) is 0 Å². The van der Waals surface area contributed by atoms with E-state index in [4.69, 9.17) is 0 Å². The summed E-state index contributed by atoms with van der Waals surface area (Å²) in [6, 6.07) is 2.65. The Labute approximate surface area is 123 Å². The number of aliphatic carboxylic acids is 1. The molecule has 1 aliphatic rings. The first-order valence-electron chi connectivity index (χ1n) is 6.29. The van der Waals surface area contributed by atoms with Crippen molar-refractivity contribution in [3.63, 3.8) is 0 Å². The second-order valence-electron chi connectivity index (χ2n) is 5.03. The number of nitro benzene ring substituents is 1. The molecular formula is C13H14BrNO5. The molecule has 0 aromatic heterocycles. The summed E-state index contributed by atoms with van der Waals surface area (Å²) in [7, 11) is 0. The van der Waals surface area contributed by atoms with Gasteiger partial charge >= 0.3 is 11.7 Å². The SMILES string of the molecule is O=C(O)C1(c2cc(Br)c(O)c([N+](=O)[O-])c2)CCCCC1. The molecule has 6 nitrogen and oxygen atoms in total. The fourth-order valence-corrected chi connectivity index (χ4v) is 3.23. The molecular weight excluding hydrogens is 330 g/mol. The smallest absolute Gasteiger partial charge is 0.314 e. The lowest BCUT2D eigenvalue weighted by Gasteiger charge is -2.33. The molecule has 0 bridgehead atoms. The van der Waals surface area contributed by atoms with Crippen LogP contribution < -0.4 is 0 Å². The Morgan fingerprint density at radius 2 is 1.90 bits per heavy atom. The van der Waals surface area contributed by atoms with Gasteiger partial charge in [-0.1, -0.05) is 19.3 Å². The third-order valence-electron chi connectivity index (χ3n) is 3.91. The zero-order chi connectivity index (χ0) is 14.9. The predicted octanol–water partition coefficient (Wildman–Crippen LogP) is 3.35. The van der Waals surface area contributed by atoms with Gasteiger partial charge in [-0.2, -0.15) is 0 Å². The largest absolute Gasteiger partial charge is 0.501 e. The van der Waals surface area contributed by atoms with Crippen molar-refractivity contribution in [1.29, 1.82) is 0 Å². The summed E-state index contributed by atoms with van der Waals surface area (Å²) in [5.74, 6) is -1.45. The Morgan fingerprint density at radius 3 is 2.40 bits per heavy atom. The van der Waals surface area contributed by atoms with Crippen molar-refractivity contribution in [2.45, 2.75) is 37.5 Å². The van der Waals surface area contributed by atoms with Crippen LogP contribution in [0, 0.1) is 10.1 Å². The van der Waals surface area contributed by atoms with E-state index in [0.717, 1.165) is 19.3 Å². The van der Waals surface area contributed by atoms with Crippen LogP contribution in [0.2, 0.25) is 0 Å². The minimum atomic E-state index is -1.10. The fraction of sp³-hybridized carbons (Fsp3) is 0.462. The van der Waals surface area contributed by atoms with E-state index >= 15 is 0 Å². The number of halogens is 1. The number of carbonyl (C=O) groups is 1. The summed E-state index contributed by atoms with van der Waals surface area (Å²) in [6.07, 6.45) is 3.43. The Bertz CT molecular complexity index is 566.